The zero-order chi connectivity index (χ0) is 15.9. The summed E-state index contributed by atoms with van der Waals surface area (Å²) in [6.07, 6.45) is 3.05. The summed E-state index contributed by atoms with van der Waals surface area (Å²) in [5.74, 6) is 0. The van der Waals surface area contributed by atoms with Gasteiger partial charge in [0.05, 0.1) is 11.7 Å². The molecule has 0 aromatic rings. The van der Waals surface area contributed by atoms with Gasteiger partial charge in [0.25, 0.3) is 0 Å². The van der Waals surface area contributed by atoms with Crippen LogP contribution in [0.4, 0.5) is 0 Å². The van der Waals surface area contributed by atoms with Crippen molar-refractivity contribution in [3.05, 3.63) is 0 Å². The van der Waals surface area contributed by atoms with E-state index in [0.29, 0.717) is 17.1 Å². The Hall–Kier alpha value is -0.120. The van der Waals surface area contributed by atoms with Crippen LogP contribution in [0.5, 0.6) is 0 Å². The number of hydrogen-bond donors (Lipinski definition) is 0. The van der Waals surface area contributed by atoms with Crippen LogP contribution in [0.1, 0.15) is 61.3 Å². The molecule has 2 heterocycles. The highest BCUT2D eigenvalue weighted by Gasteiger charge is 2.47. The summed E-state index contributed by atoms with van der Waals surface area (Å²) in [6, 6.07) is 0. The average molecular weight is 296 g/mol. The highest BCUT2D eigenvalue weighted by atomic mass is 16.5. The normalized spacial score (nSPS) is 25.9. The van der Waals surface area contributed by atoms with Crippen molar-refractivity contribution >= 4 is 0 Å². The first-order valence-electron chi connectivity index (χ1n) is 8.64. The maximum Gasteiger partial charge on any atom is 0.0681 e. The predicted octanol–water partition coefficient (Wildman–Crippen LogP) is 3.39. The standard InChI is InChI=1S/C18H36N2O/c1-15(21-17(5,6)7)12-19-10-8-18(9-11-19)13-20(14-18)16(2,3)4/h15H,8-14H2,1-7H3/t15-/m0/s1. The average Bonchev–Trinajstić information content (AvgIpc) is 2.22. The molecule has 0 aromatic heterocycles. The molecule has 0 aromatic carbocycles. The second-order valence-electron chi connectivity index (χ2n) is 9.37. The van der Waals surface area contributed by atoms with E-state index in [1.54, 1.807) is 0 Å². The Balaban J connectivity index is 1.72. The van der Waals surface area contributed by atoms with Crippen LogP contribution in [-0.4, -0.2) is 59.8 Å². The van der Waals surface area contributed by atoms with Crippen LogP contribution in [0.2, 0.25) is 0 Å². The van der Waals surface area contributed by atoms with E-state index in [1.807, 2.05) is 0 Å². The first-order valence-corrected chi connectivity index (χ1v) is 8.64. The van der Waals surface area contributed by atoms with Crippen molar-refractivity contribution in [2.24, 2.45) is 5.41 Å². The SMILES string of the molecule is C[C@@H](CN1CCC2(CC1)CN(C(C)(C)C)C2)OC(C)(C)C. The largest absolute Gasteiger partial charge is 0.372 e. The lowest BCUT2D eigenvalue weighted by molar-refractivity contribution is -0.102. The molecule has 0 saturated carbocycles. The van der Waals surface area contributed by atoms with Crippen LogP contribution in [0.15, 0.2) is 0 Å². The minimum absolute atomic E-state index is 0.0302. The van der Waals surface area contributed by atoms with Gasteiger partial charge >= 0.3 is 0 Å². The summed E-state index contributed by atoms with van der Waals surface area (Å²) in [6.45, 7) is 21.8. The lowest BCUT2D eigenvalue weighted by atomic mass is 9.70. The van der Waals surface area contributed by atoms with Crippen LogP contribution in [0, 0.1) is 5.41 Å². The highest BCUT2D eigenvalue weighted by molar-refractivity contribution is 5.01. The molecule has 2 rings (SSSR count). The molecule has 1 atom stereocenters. The highest BCUT2D eigenvalue weighted by Crippen LogP contribution is 2.43. The summed E-state index contributed by atoms with van der Waals surface area (Å²) < 4.78 is 6.04. The van der Waals surface area contributed by atoms with Gasteiger partial charge in [-0.05, 0) is 79.8 Å². The Labute approximate surface area is 132 Å². The van der Waals surface area contributed by atoms with Gasteiger partial charge in [0.2, 0.25) is 0 Å². The van der Waals surface area contributed by atoms with E-state index in [2.05, 4.69) is 58.3 Å². The van der Waals surface area contributed by atoms with Gasteiger partial charge in [0.1, 0.15) is 0 Å². The Morgan fingerprint density at radius 1 is 1.00 bits per heavy atom. The molecule has 0 aliphatic carbocycles. The third-order valence-electron chi connectivity index (χ3n) is 4.99. The van der Waals surface area contributed by atoms with E-state index < -0.39 is 0 Å². The van der Waals surface area contributed by atoms with Crippen LogP contribution in [0.3, 0.4) is 0 Å². The second kappa shape index (κ2) is 5.82. The van der Waals surface area contributed by atoms with Gasteiger partial charge in [0, 0.05) is 25.2 Å². The summed E-state index contributed by atoms with van der Waals surface area (Å²) in [5.41, 5.74) is 0.937. The Morgan fingerprint density at radius 2 is 1.52 bits per heavy atom. The number of likely N-dealkylation sites (tertiary alicyclic amines) is 2. The van der Waals surface area contributed by atoms with Crippen molar-refractivity contribution in [3.63, 3.8) is 0 Å². The number of rotatable bonds is 3. The smallest absolute Gasteiger partial charge is 0.0681 e. The van der Waals surface area contributed by atoms with Crippen molar-refractivity contribution < 1.29 is 4.74 Å². The van der Waals surface area contributed by atoms with E-state index >= 15 is 0 Å². The summed E-state index contributed by atoms with van der Waals surface area (Å²) in [4.78, 5) is 5.23. The van der Waals surface area contributed by atoms with Crippen LogP contribution in [0.25, 0.3) is 0 Å². The molecular formula is C18H36N2O. The molecule has 0 bridgehead atoms. The van der Waals surface area contributed by atoms with Crippen molar-refractivity contribution in [2.75, 3.05) is 32.7 Å². The molecule has 2 fully saturated rings. The summed E-state index contributed by atoms with van der Waals surface area (Å²) in [7, 11) is 0. The maximum atomic E-state index is 6.04. The molecule has 2 aliphatic heterocycles. The lowest BCUT2D eigenvalue weighted by Crippen LogP contribution is -2.65. The number of hydrogen-bond acceptors (Lipinski definition) is 3. The predicted molar refractivity (Wildman–Crippen MR) is 89.7 cm³/mol. The molecule has 0 radical (unpaired) electrons. The van der Waals surface area contributed by atoms with E-state index in [9.17, 15) is 0 Å². The van der Waals surface area contributed by atoms with Gasteiger partial charge in [-0.3, -0.25) is 4.90 Å². The minimum atomic E-state index is -0.0302. The minimum Gasteiger partial charge on any atom is -0.372 e. The van der Waals surface area contributed by atoms with Crippen LogP contribution < -0.4 is 0 Å². The monoisotopic (exact) mass is 296 g/mol. The lowest BCUT2D eigenvalue weighted by Gasteiger charge is -2.58. The molecule has 2 saturated heterocycles. The maximum absolute atomic E-state index is 6.04. The third-order valence-corrected chi connectivity index (χ3v) is 4.99. The van der Waals surface area contributed by atoms with Gasteiger partial charge in [-0.2, -0.15) is 0 Å². The van der Waals surface area contributed by atoms with Crippen molar-refractivity contribution in [1.82, 2.24) is 9.80 Å². The second-order valence-corrected chi connectivity index (χ2v) is 9.37. The molecule has 2 aliphatic rings. The topological polar surface area (TPSA) is 15.7 Å². The van der Waals surface area contributed by atoms with Gasteiger partial charge < -0.3 is 9.64 Å². The van der Waals surface area contributed by atoms with Crippen LogP contribution in [-0.2, 0) is 4.74 Å². The zero-order valence-corrected chi connectivity index (χ0v) is 15.3. The molecular weight excluding hydrogens is 260 g/mol. The molecule has 21 heavy (non-hydrogen) atoms. The fourth-order valence-corrected chi connectivity index (χ4v) is 3.77. The van der Waals surface area contributed by atoms with Gasteiger partial charge in [-0.15, -0.1) is 0 Å². The Kier molecular flexibility index (Phi) is 4.78. The molecule has 1 spiro atoms. The van der Waals surface area contributed by atoms with E-state index in [1.165, 1.54) is 39.0 Å². The number of piperidine rings is 1. The molecule has 3 heteroatoms. The quantitative estimate of drug-likeness (QED) is 0.794. The van der Waals surface area contributed by atoms with Gasteiger partial charge in [0.15, 0.2) is 0 Å². The van der Waals surface area contributed by atoms with Gasteiger partial charge in [-0.25, -0.2) is 0 Å². The fourth-order valence-electron chi connectivity index (χ4n) is 3.77. The fraction of sp³-hybridized carbons (Fsp3) is 1.00. The molecule has 3 nitrogen and oxygen atoms in total. The Morgan fingerprint density at radius 3 is 1.95 bits per heavy atom. The Bertz CT molecular complexity index is 337. The molecule has 124 valence electrons. The van der Waals surface area contributed by atoms with Crippen LogP contribution >= 0.6 is 0 Å². The van der Waals surface area contributed by atoms with Crippen molar-refractivity contribution in [3.8, 4) is 0 Å². The van der Waals surface area contributed by atoms with Crippen molar-refractivity contribution in [1.29, 1.82) is 0 Å². The molecule has 0 N–H and O–H groups in total. The number of ether oxygens (including phenoxy) is 1. The first kappa shape index (κ1) is 17.2. The summed E-state index contributed by atoms with van der Waals surface area (Å²) in [5, 5.41) is 0. The van der Waals surface area contributed by atoms with E-state index in [0.717, 1.165) is 6.54 Å². The van der Waals surface area contributed by atoms with E-state index in [-0.39, 0.29) is 5.60 Å². The molecule has 0 amide bonds. The summed E-state index contributed by atoms with van der Waals surface area (Å²) >= 11 is 0. The van der Waals surface area contributed by atoms with Crippen molar-refractivity contribution in [2.45, 2.75) is 78.6 Å². The third kappa shape index (κ3) is 4.67. The molecule has 0 unspecified atom stereocenters. The number of nitrogens with zero attached hydrogens (tertiary/aromatic N) is 2. The zero-order valence-electron chi connectivity index (χ0n) is 15.3. The first-order chi connectivity index (χ1) is 9.49. The van der Waals surface area contributed by atoms with E-state index in [4.69, 9.17) is 4.74 Å². The van der Waals surface area contributed by atoms with Gasteiger partial charge in [-0.1, -0.05) is 0 Å².